The number of benzene rings is 1. The van der Waals surface area contributed by atoms with Gasteiger partial charge in [0.2, 0.25) is 5.91 Å². The maximum absolute atomic E-state index is 11.3. The highest BCUT2D eigenvalue weighted by Crippen LogP contribution is 2.03. The van der Waals surface area contributed by atoms with Crippen molar-refractivity contribution in [2.24, 2.45) is 5.73 Å². The van der Waals surface area contributed by atoms with Crippen molar-refractivity contribution in [3.05, 3.63) is 35.4 Å². The second-order valence-corrected chi connectivity index (χ2v) is 3.42. The number of ketones is 1. The summed E-state index contributed by atoms with van der Waals surface area (Å²) in [5, 5.41) is 2.57. The zero-order valence-corrected chi connectivity index (χ0v) is 9.62. The van der Waals surface area contributed by atoms with Crippen LogP contribution < -0.4 is 11.1 Å². The molecule has 1 rings (SSSR count). The molecule has 0 heterocycles. The fourth-order valence-corrected chi connectivity index (χ4v) is 1.17. The molecule has 0 fully saturated rings. The summed E-state index contributed by atoms with van der Waals surface area (Å²) in [5.74, 6) is 5.48. The number of hydrogen-bond donors (Lipinski definition) is 2. The maximum Gasteiger partial charge on any atom is 0.217 e. The normalized spacial score (nSPS) is 9.06. The summed E-state index contributed by atoms with van der Waals surface area (Å²) in [4.78, 5) is 21.8. The van der Waals surface area contributed by atoms with Gasteiger partial charge in [0.15, 0.2) is 5.78 Å². The molecule has 0 saturated heterocycles. The van der Waals surface area contributed by atoms with E-state index in [9.17, 15) is 9.59 Å². The zero-order chi connectivity index (χ0) is 12.7. The van der Waals surface area contributed by atoms with E-state index in [1.54, 1.807) is 24.3 Å². The van der Waals surface area contributed by atoms with E-state index >= 15 is 0 Å². The van der Waals surface area contributed by atoms with Gasteiger partial charge in [-0.1, -0.05) is 24.0 Å². The van der Waals surface area contributed by atoms with Gasteiger partial charge in [-0.25, -0.2) is 0 Å². The van der Waals surface area contributed by atoms with Crippen molar-refractivity contribution in [3.8, 4) is 11.8 Å². The van der Waals surface area contributed by atoms with Crippen LogP contribution in [0.4, 0.5) is 0 Å². The summed E-state index contributed by atoms with van der Waals surface area (Å²) in [6, 6.07) is 6.89. The van der Waals surface area contributed by atoms with Crippen LogP contribution in [-0.2, 0) is 4.79 Å². The molecule has 0 atom stereocenters. The van der Waals surface area contributed by atoms with Gasteiger partial charge in [0, 0.05) is 18.1 Å². The molecule has 0 bridgehead atoms. The lowest BCUT2D eigenvalue weighted by molar-refractivity contribution is -0.118. The minimum atomic E-state index is -0.108. The molecule has 0 radical (unpaired) electrons. The first kappa shape index (κ1) is 12.9. The standard InChI is InChI=1S/C13H14N2O2/c1-10(16)15-8-2-3-11-4-6-12(7-5-11)13(17)9-14/h4-7H,8-9,14H2,1H3,(H,15,16). The van der Waals surface area contributed by atoms with Gasteiger partial charge < -0.3 is 11.1 Å². The number of hydrogen-bond acceptors (Lipinski definition) is 3. The Hall–Kier alpha value is -2.12. The third-order valence-electron chi connectivity index (χ3n) is 2.05. The molecular formula is C13H14N2O2. The quantitative estimate of drug-likeness (QED) is 0.580. The Morgan fingerprint density at radius 1 is 1.29 bits per heavy atom. The lowest BCUT2D eigenvalue weighted by atomic mass is 10.1. The number of nitrogens with two attached hydrogens (primary N) is 1. The van der Waals surface area contributed by atoms with Crippen molar-refractivity contribution < 1.29 is 9.59 Å². The Balaban J connectivity index is 2.62. The third kappa shape index (κ3) is 4.49. The Morgan fingerprint density at radius 2 is 1.94 bits per heavy atom. The largest absolute Gasteiger partial charge is 0.345 e. The zero-order valence-electron chi connectivity index (χ0n) is 9.62. The van der Waals surface area contributed by atoms with Crippen LogP contribution >= 0.6 is 0 Å². The number of carbonyl (C=O) groups excluding carboxylic acids is 2. The summed E-state index contributed by atoms with van der Waals surface area (Å²) >= 11 is 0. The van der Waals surface area contributed by atoms with E-state index in [0.717, 1.165) is 5.56 Å². The second-order valence-electron chi connectivity index (χ2n) is 3.42. The van der Waals surface area contributed by atoms with Crippen molar-refractivity contribution in [3.63, 3.8) is 0 Å². The van der Waals surface area contributed by atoms with Crippen molar-refractivity contribution in [2.45, 2.75) is 6.92 Å². The van der Waals surface area contributed by atoms with E-state index < -0.39 is 0 Å². The summed E-state index contributed by atoms with van der Waals surface area (Å²) in [5.41, 5.74) is 6.63. The number of rotatable bonds is 3. The molecule has 0 aromatic heterocycles. The monoisotopic (exact) mass is 230 g/mol. The molecule has 0 aliphatic carbocycles. The molecule has 88 valence electrons. The first-order valence-electron chi connectivity index (χ1n) is 5.20. The molecular weight excluding hydrogens is 216 g/mol. The second kappa shape index (κ2) is 6.46. The molecule has 0 unspecified atom stereocenters. The van der Waals surface area contributed by atoms with Crippen LogP contribution in [0.1, 0.15) is 22.8 Å². The van der Waals surface area contributed by atoms with Gasteiger partial charge in [-0.3, -0.25) is 9.59 Å². The van der Waals surface area contributed by atoms with Crippen LogP contribution in [0.5, 0.6) is 0 Å². The van der Waals surface area contributed by atoms with Gasteiger partial charge in [0.05, 0.1) is 13.1 Å². The molecule has 0 spiro atoms. The number of Topliss-reactive ketones (excluding diaryl/α,β-unsaturated/α-hetero) is 1. The van der Waals surface area contributed by atoms with Gasteiger partial charge in [-0.15, -0.1) is 0 Å². The highest BCUT2D eigenvalue weighted by molar-refractivity contribution is 5.97. The summed E-state index contributed by atoms with van der Waals surface area (Å²) in [7, 11) is 0. The van der Waals surface area contributed by atoms with Gasteiger partial charge in [-0.05, 0) is 12.1 Å². The Kier molecular flexibility index (Phi) is 4.92. The molecule has 3 N–H and O–H groups in total. The van der Waals surface area contributed by atoms with Gasteiger partial charge in [0.1, 0.15) is 0 Å². The lowest BCUT2D eigenvalue weighted by Crippen LogP contribution is -2.19. The van der Waals surface area contributed by atoms with E-state index in [1.165, 1.54) is 6.92 Å². The van der Waals surface area contributed by atoms with E-state index in [4.69, 9.17) is 5.73 Å². The molecule has 0 aliphatic rings. The maximum atomic E-state index is 11.3. The Bertz CT molecular complexity index is 466. The van der Waals surface area contributed by atoms with Crippen LogP contribution in [-0.4, -0.2) is 24.8 Å². The molecule has 17 heavy (non-hydrogen) atoms. The average Bonchev–Trinajstić information content (AvgIpc) is 2.34. The van der Waals surface area contributed by atoms with Crippen LogP contribution in [0, 0.1) is 11.8 Å². The predicted molar refractivity (Wildman–Crippen MR) is 65.4 cm³/mol. The molecule has 1 aromatic rings. The van der Waals surface area contributed by atoms with Gasteiger partial charge >= 0.3 is 0 Å². The molecule has 0 aliphatic heterocycles. The van der Waals surface area contributed by atoms with Gasteiger partial charge in [-0.2, -0.15) is 0 Å². The molecule has 1 aromatic carbocycles. The van der Waals surface area contributed by atoms with Crippen LogP contribution in [0.3, 0.4) is 0 Å². The summed E-state index contributed by atoms with van der Waals surface area (Å²) in [6.45, 7) is 1.77. The SMILES string of the molecule is CC(=O)NCC#Cc1ccc(C(=O)CN)cc1. The number of amides is 1. The summed E-state index contributed by atoms with van der Waals surface area (Å²) < 4.78 is 0. The predicted octanol–water partition coefficient (Wildman–Crippen LogP) is 0.316. The Labute approximate surface area is 100 Å². The van der Waals surface area contributed by atoms with Crippen LogP contribution in [0.2, 0.25) is 0 Å². The summed E-state index contributed by atoms with van der Waals surface area (Å²) in [6.07, 6.45) is 0. The minimum Gasteiger partial charge on any atom is -0.345 e. The van der Waals surface area contributed by atoms with Crippen molar-refractivity contribution in [1.82, 2.24) is 5.32 Å². The van der Waals surface area contributed by atoms with Gasteiger partial charge in [0.25, 0.3) is 0 Å². The smallest absolute Gasteiger partial charge is 0.217 e. The highest BCUT2D eigenvalue weighted by atomic mass is 16.1. The highest BCUT2D eigenvalue weighted by Gasteiger charge is 2.01. The molecule has 4 nitrogen and oxygen atoms in total. The van der Waals surface area contributed by atoms with E-state index in [1.807, 2.05) is 0 Å². The van der Waals surface area contributed by atoms with Crippen LogP contribution in [0.25, 0.3) is 0 Å². The number of nitrogens with one attached hydrogen (secondary N) is 1. The Morgan fingerprint density at radius 3 is 2.47 bits per heavy atom. The molecule has 1 amide bonds. The molecule has 4 heteroatoms. The van der Waals surface area contributed by atoms with E-state index in [-0.39, 0.29) is 18.2 Å². The average molecular weight is 230 g/mol. The fourth-order valence-electron chi connectivity index (χ4n) is 1.17. The van der Waals surface area contributed by atoms with E-state index in [2.05, 4.69) is 17.2 Å². The van der Waals surface area contributed by atoms with Crippen molar-refractivity contribution >= 4 is 11.7 Å². The fraction of sp³-hybridized carbons (Fsp3) is 0.231. The van der Waals surface area contributed by atoms with Crippen molar-refractivity contribution in [2.75, 3.05) is 13.1 Å². The lowest BCUT2D eigenvalue weighted by Gasteiger charge is -1.97. The third-order valence-corrected chi connectivity index (χ3v) is 2.05. The molecule has 0 saturated carbocycles. The topological polar surface area (TPSA) is 72.2 Å². The first-order chi connectivity index (χ1) is 8.13. The van der Waals surface area contributed by atoms with Crippen molar-refractivity contribution in [1.29, 1.82) is 0 Å². The van der Waals surface area contributed by atoms with Crippen LogP contribution in [0.15, 0.2) is 24.3 Å². The van der Waals surface area contributed by atoms with E-state index in [0.29, 0.717) is 12.1 Å². The minimum absolute atomic E-state index is 0.00750. The number of carbonyl (C=O) groups is 2. The first-order valence-corrected chi connectivity index (χ1v) is 5.20.